The van der Waals surface area contributed by atoms with Crippen molar-refractivity contribution in [1.29, 1.82) is 0 Å². The molecule has 0 saturated heterocycles. The minimum absolute atomic E-state index is 0.0734. The van der Waals surface area contributed by atoms with E-state index in [-0.39, 0.29) is 12.1 Å². The number of nitrogens with zero attached hydrogens (tertiary/aromatic N) is 2. The highest BCUT2D eigenvalue weighted by Gasteiger charge is 2.24. The Labute approximate surface area is 125 Å². The Balaban J connectivity index is 3.00. The molecule has 0 aromatic heterocycles. The van der Waals surface area contributed by atoms with Crippen molar-refractivity contribution in [1.82, 2.24) is 0 Å². The molecule has 0 fully saturated rings. The van der Waals surface area contributed by atoms with Crippen LogP contribution in [0.25, 0.3) is 0 Å². The van der Waals surface area contributed by atoms with Gasteiger partial charge in [0.05, 0.1) is 15.9 Å². The second-order valence-electron chi connectivity index (χ2n) is 4.54. The molecule has 22 heavy (non-hydrogen) atoms. The first kappa shape index (κ1) is 17.3. The number of nitrogens with one attached hydrogen (secondary N) is 1. The summed E-state index contributed by atoms with van der Waals surface area (Å²) < 4.78 is 0. The molecule has 0 unspecified atom stereocenters. The first-order valence-corrected chi connectivity index (χ1v) is 6.49. The molecular weight excluding hydrogens is 296 g/mol. The van der Waals surface area contributed by atoms with E-state index in [2.05, 4.69) is 5.32 Å². The fourth-order valence-corrected chi connectivity index (χ4v) is 1.84. The molecule has 0 aliphatic heterocycles. The number of carbonyl (C=O) groups is 1. The molecule has 1 aromatic carbocycles. The zero-order chi connectivity index (χ0) is 16.7. The van der Waals surface area contributed by atoms with Crippen LogP contribution < -0.4 is 11.1 Å². The predicted octanol–water partition coefficient (Wildman–Crippen LogP) is 1.50. The fraction of sp³-hybridized carbons (Fsp3) is 0.417. The zero-order valence-corrected chi connectivity index (χ0v) is 11.6. The molecule has 0 radical (unpaired) electrons. The maximum atomic E-state index is 11.2. The molecule has 1 rings (SSSR count). The van der Waals surface area contributed by atoms with Crippen molar-refractivity contribution in [2.75, 3.05) is 11.9 Å². The van der Waals surface area contributed by atoms with Crippen LogP contribution in [0.5, 0.6) is 0 Å². The zero-order valence-electron chi connectivity index (χ0n) is 11.6. The molecule has 10 heteroatoms. The summed E-state index contributed by atoms with van der Waals surface area (Å²) >= 11 is 0. The normalized spacial score (nSPS) is 11.7. The van der Waals surface area contributed by atoms with Crippen LogP contribution in [0.4, 0.5) is 17.1 Å². The maximum Gasteiger partial charge on any atom is 0.326 e. The van der Waals surface area contributed by atoms with Crippen LogP contribution in [-0.2, 0) is 4.79 Å². The van der Waals surface area contributed by atoms with Gasteiger partial charge in [-0.25, -0.2) is 4.79 Å². The molecule has 1 aromatic rings. The molecule has 0 spiro atoms. The van der Waals surface area contributed by atoms with Gasteiger partial charge in [-0.3, -0.25) is 20.2 Å². The fourth-order valence-electron chi connectivity index (χ4n) is 1.84. The van der Waals surface area contributed by atoms with Crippen molar-refractivity contribution >= 4 is 23.0 Å². The van der Waals surface area contributed by atoms with Gasteiger partial charge < -0.3 is 16.2 Å². The lowest BCUT2D eigenvalue weighted by Crippen LogP contribution is -2.29. The van der Waals surface area contributed by atoms with Gasteiger partial charge in [0.25, 0.3) is 11.4 Å². The Morgan fingerprint density at radius 2 is 1.95 bits per heavy atom. The largest absolute Gasteiger partial charge is 0.480 e. The molecule has 0 aliphatic rings. The number of hydrogen-bond donors (Lipinski definition) is 3. The summed E-state index contributed by atoms with van der Waals surface area (Å²) in [5.41, 5.74) is 4.28. The van der Waals surface area contributed by atoms with E-state index in [4.69, 9.17) is 10.8 Å². The molecule has 0 aliphatic carbocycles. The van der Waals surface area contributed by atoms with E-state index in [1.54, 1.807) is 0 Å². The average Bonchev–Trinajstić information content (AvgIpc) is 2.45. The number of nitro groups is 2. The molecule has 0 bridgehead atoms. The van der Waals surface area contributed by atoms with E-state index in [0.717, 1.165) is 18.2 Å². The van der Waals surface area contributed by atoms with Crippen molar-refractivity contribution in [3.8, 4) is 0 Å². The Bertz CT molecular complexity index is 577. The number of hydrogen-bond acceptors (Lipinski definition) is 7. The highest BCUT2D eigenvalue weighted by atomic mass is 16.6. The van der Waals surface area contributed by atoms with Crippen LogP contribution in [0.1, 0.15) is 19.3 Å². The summed E-state index contributed by atoms with van der Waals surface area (Å²) in [5, 5.41) is 33.3. The molecule has 0 heterocycles. The standard InChI is InChI=1S/C12H16N4O6/c13-6-2-1-3-10(12(17)18)14-9-5-4-8(15(19)20)7-11(9)16(21)22/h4-5,7,10,14H,1-3,6,13H2,(H,17,18)/t10-/m0/s1. The number of nitro benzene ring substituents is 2. The summed E-state index contributed by atoms with van der Waals surface area (Å²) in [5.74, 6) is -1.16. The Kier molecular flexibility index (Phi) is 6.20. The van der Waals surface area contributed by atoms with Crippen molar-refractivity contribution in [3.63, 3.8) is 0 Å². The lowest BCUT2D eigenvalue weighted by Gasteiger charge is -2.15. The highest BCUT2D eigenvalue weighted by Crippen LogP contribution is 2.29. The molecular formula is C12H16N4O6. The summed E-state index contributed by atoms with van der Waals surface area (Å²) in [7, 11) is 0. The number of rotatable bonds is 9. The van der Waals surface area contributed by atoms with Gasteiger partial charge in [-0.1, -0.05) is 0 Å². The van der Waals surface area contributed by atoms with E-state index in [9.17, 15) is 25.0 Å². The van der Waals surface area contributed by atoms with Crippen LogP contribution in [0.15, 0.2) is 18.2 Å². The van der Waals surface area contributed by atoms with Gasteiger partial charge in [0.2, 0.25) is 0 Å². The van der Waals surface area contributed by atoms with Crippen LogP contribution in [0.2, 0.25) is 0 Å². The summed E-state index contributed by atoms with van der Waals surface area (Å²) in [4.78, 5) is 31.3. The monoisotopic (exact) mass is 312 g/mol. The third kappa shape index (κ3) is 4.66. The second kappa shape index (κ2) is 7.88. The minimum Gasteiger partial charge on any atom is -0.480 e. The number of nitrogens with two attached hydrogens (primary N) is 1. The number of anilines is 1. The summed E-state index contributed by atoms with van der Waals surface area (Å²) in [6, 6.07) is 1.97. The minimum atomic E-state index is -1.16. The van der Waals surface area contributed by atoms with Crippen molar-refractivity contribution < 1.29 is 19.7 Å². The van der Waals surface area contributed by atoms with Crippen LogP contribution in [-0.4, -0.2) is 33.5 Å². The maximum absolute atomic E-state index is 11.2. The first-order valence-electron chi connectivity index (χ1n) is 6.49. The average molecular weight is 312 g/mol. The van der Waals surface area contributed by atoms with Gasteiger partial charge in [-0.2, -0.15) is 0 Å². The number of non-ortho nitro benzene ring substituents is 1. The van der Waals surface area contributed by atoms with Crippen LogP contribution >= 0.6 is 0 Å². The summed E-state index contributed by atoms with van der Waals surface area (Å²) in [6.45, 7) is 0.421. The van der Waals surface area contributed by atoms with E-state index in [1.807, 2.05) is 0 Å². The third-order valence-electron chi connectivity index (χ3n) is 2.96. The Hall–Kier alpha value is -2.75. The number of aliphatic carboxylic acids is 1. The Morgan fingerprint density at radius 3 is 2.45 bits per heavy atom. The van der Waals surface area contributed by atoms with Crippen molar-refractivity contribution in [2.45, 2.75) is 25.3 Å². The lowest BCUT2D eigenvalue weighted by atomic mass is 10.1. The molecule has 0 saturated carbocycles. The van der Waals surface area contributed by atoms with Gasteiger partial charge in [-0.15, -0.1) is 0 Å². The van der Waals surface area contributed by atoms with Gasteiger partial charge in [0.15, 0.2) is 0 Å². The van der Waals surface area contributed by atoms with Gasteiger partial charge in [-0.05, 0) is 31.9 Å². The smallest absolute Gasteiger partial charge is 0.326 e. The van der Waals surface area contributed by atoms with Crippen molar-refractivity contribution in [3.05, 3.63) is 38.4 Å². The van der Waals surface area contributed by atoms with E-state index < -0.39 is 33.2 Å². The van der Waals surface area contributed by atoms with Gasteiger partial charge in [0.1, 0.15) is 11.7 Å². The second-order valence-corrected chi connectivity index (χ2v) is 4.54. The number of carboxylic acid groups (broad SMARTS) is 1. The third-order valence-corrected chi connectivity index (χ3v) is 2.96. The highest BCUT2D eigenvalue weighted by molar-refractivity contribution is 5.79. The van der Waals surface area contributed by atoms with Crippen molar-refractivity contribution in [2.24, 2.45) is 5.73 Å². The number of benzene rings is 1. The van der Waals surface area contributed by atoms with Gasteiger partial charge in [0, 0.05) is 6.07 Å². The van der Waals surface area contributed by atoms with Crippen LogP contribution in [0.3, 0.4) is 0 Å². The SMILES string of the molecule is NCCCC[C@H](Nc1ccc([N+](=O)[O-])cc1[N+](=O)[O-])C(=O)O. The summed E-state index contributed by atoms with van der Waals surface area (Å²) in [6.07, 6.45) is 1.41. The molecule has 10 nitrogen and oxygen atoms in total. The van der Waals surface area contributed by atoms with E-state index >= 15 is 0 Å². The predicted molar refractivity (Wildman–Crippen MR) is 77.7 cm³/mol. The lowest BCUT2D eigenvalue weighted by molar-refractivity contribution is -0.393. The first-order chi connectivity index (χ1) is 10.4. The molecule has 0 amide bonds. The Morgan fingerprint density at radius 1 is 1.27 bits per heavy atom. The quantitative estimate of drug-likeness (QED) is 0.351. The molecule has 120 valence electrons. The topological polar surface area (TPSA) is 162 Å². The van der Waals surface area contributed by atoms with E-state index in [0.29, 0.717) is 19.4 Å². The molecule has 4 N–H and O–H groups in total. The van der Waals surface area contributed by atoms with E-state index in [1.165, 1.54) is 0 Å². The number of carboxylic acids is 1. The van der Waals surface area contributed by atoms with Gasteiger partial charge >= 0.3 is 5.97 Å². The number of unbranched alkanes of at least 4 members (excludes halogenated alkanes) is 1. The van der Waals surface area contributed by atoms with Crippen LogP contribution in [0, 0.1) is 20.2 Å². The molecule has 1 atom stereocenters.